The third-order valence-corrected chi connectivity index (χ3v) is 8.76. The molecule has 0 aromatic heterocycles. The zero-order valence-electron chi connectivity index (χ0n) is 12.7. The van der Waals surface area contributed by atoms with Crippen molar-refractivity contribution in [1.82, 2.24) is 5.32 Å². The van der Waals surface area contributed by atoms with Crippen LogP contribution < -0.4 is 5.32 Å². The van der Waals surface area contributed by atoms with Crippen molar-refractivity contribution in [1.29, 1.82) is 0 Å². The van der Waals surface area contributed by atoms with Crippen LogP contribution in [0.2, 0.25) is 18.1 Å². The van der Waals surface area contributed by atoms with E-state index in [1.54, 1.807) is 0 Å². The maximum absolute atomic E-state index is 10.9. The molecular formula is C14H27NO3Si. The summed E-state index contributed by atoms with van der Waals surface area (Å²) in [4.78, 5) is 10.9. The van der Waals surface area contributed by atoms with Gasteiger partial charge in [-0.25, -0.2) is 4.79 Å². The number of amides is 1. The number of hydrogen-bond acceptors (Lipinski definition) is 2. The van der Waals surface area contributed by atoms with Crippen molar-refractivity contribution in [3.05, 3.63) is 12.2 Å². The summed E-state index contributed by atoms with van der Waals surface area (Å²) in [6.45, 7) is 15.3. The molecule has 0 heterocycles. The van der Waals surface area contributed by atoms with E-state index >= 15 is 0 Å². The first-order chi connectivity index (χ1) is 8.54. The molecule has 110 valence electrons. The molecule has 1 aliphatic rings. The summed E-state index contributed by atoms with van der Waals surface area (Å²) in [5.41, 5.74) is 0.973. The molecule has 5 heteroatoms. The molecule has 19 heavy (non-hydrogen) atoms. The van der Waals surface area contributed by atoms with Crippen LogP contribution in [0.5, 0.6) is 0 Å². The van der Waals surface area contributed by atoms with E-state index in [1.807, 2.05) is 0 Å². The van der Waals surface area contributed by atoms with Crippen LogP contribution in [0.15, 0.2) is 12.2 Å². The smallest absolute Gasteiger partial charge is 0.405 e. The molecule has 0 aromatic carbocycles. The Balaban J connectivity index is 2.62. The average molecular weight is 285 g/mol. The van der Waals surface area contributed by atoms with E-state index in [0.29, 0.717) is 12.5 Å². The molecule has 4 nitrogen and oxygen atoms in total. The molecule has 0 saturated heterocycles. The molecule has 1 atom stereocenters. The summed E-state index contributed by atoms with van der Waals surface area (Å²) < 4.78 is 6.11. The Morgan fingerprint density at radius 3 is 2.37 bits per heavy atom. The van der Waals surface area contributed by atoms with Crippen LogP contribution in [0.4, 0.5) is 4.79 Å². The summed E-state index contributed by atoms with van der Waals surface area (Å²) in [6.07, 6.45) is 1.23. The third kappa shape index (κ3) is 4.65. The fourth-order valence-electron chi connectivity index (χ4n) is 1.64. The lowest BCUT2D eigenvalue weighted by Gasteiger charge is -2.37. The lowest BCUT2D eigenvalue weighted by atomic mass is 10.1. The number of carbonyl (C=O) groups is 1. The normalized spacial score (nSPS) is 17.9. The van der Waals surface area contributed by atoms with Crippen LogP contribution in [-0.4, -0.2) is 32.2 Å². The van der Waals surface area contributed by atoms with Gasteiger partial charge >= 0.3 is 6.09 Å². The number of hydrogen-bond donors (Lipinski definition) is 2. The van der Waals surface area contributed by atoms with Crippen LogP contribution in [0.1, 0.15) is 33.6 Å². The molecule has 1 amide bonds. The van der Waals surface area contributed by atoms with Crippen LogP contribution in [0.3, 0.4) is 0 Å². The van der Waals surface area contributed by atoms with Crippen molar-refractivity contribution in [2.45, 2.75) is 57.8 Å². The molecule has 0 spiro atoms. The van der Waals surface area contributed by atoms with Crippen molar-refractivity contribution >= 4 is 14.4 Å². The van der Waals surface area contributed by atoms with Crippen LogP contribution in [0.25, 0.3) is 0 Å². The maximum Gasteiger partial charge on any atom is 0.405 e. The minimum atomic E-state index is -1.85. The van der Waals surface area contributed by atoms with Crippen molar-refractivity contribution in [3.63, 3.8) is 0 Å². The molecule has 1 fully saturated rings. The quantitative estimate of drug-likeness (QED) is 0.579. The second-order valence-corrected chi connectivity index (χ2v) is 11.7. The van der Waals surface area contributed by atoms with Crippen molar-refractivity contribution in [2.24, 2.45) is 5.92 Å². The molecule has 1 aliphatic carbocycles. The van der Waals surface area contributed by atoms with Crippen molar-refractivity contribution < 1.29 is 14.3 Å². The first-order valence-corrected chi connectivity index (χ1v) is 9.77. The maximum atomic E-state index is 10.9. The zero-order chi connectivity index (χ0) is 14.8. The molecule has 0 aliphatic heterocycles. The van der Waals surface area contributed by atoms with Crippen molar-refractivity contribution in [3.8, 4) is 0 Å². The van der Waals surface area contributed by atoms with Gasteiger partial charge in [-0.1, -0.05) is 27.4 Å². The number of rotatable bonds is 6. The van der Waals surface area contributed by atoms with Gasteiger partial charge in [0.15, 0.2) is 8.32 Å². The van der Waals surface area contributed by atoms with Gasteiger partial charge in [-0.15, -0.1) is 0 Å². The second kappa shape index (κ2) is 5.67. The van der Waals surface area contributed by atoms with Gasteiger partial charge in [0, 0.05) is 0 Å². The fourth-order valence-corrected chi connectivity index (χ4v) is 2.65. The predicted octanol–water partition coefficient (Wildman–Crippen LogP) is 3.61. The molecule has 1 saturated carbocycles. The SMILES string of the molecule is C=C(C1CC1)C(CO[Si](C)(C)C(C)(C)C)NC(=O)O. The summed E-state index contributed by atoms with van der Waals surface area (Å²) in [5, 5.41) is 11.6. The van der Waals surface area contributed by atoms with Gasteiger partial charge in [0.25, 0.3) is 0 Å². The molecule has 1 unspecified atom stereocenters. The highest BCUT2D eigenvalue weighted by Crippen LogP contribution is 2.39. The summed E-state index contributed by atoms with van der Waals surface area (Å²) >= 11 is 0. The molecule has 1 rings (SSSR count). The minimum Gasteiger partial charge on any atom is -0.465 e. The standard InChI is InChI=1S/C14H27NO3Si/c1-10(11-7-8-11)12(15-13(16)17)9-18-19(5,6)14(2,3)4/h11-12,15H,1,7-9H2,2-6H3,(H,16,17). The van der Waals surface area contributed by atoms with Gasteiger partial charge in [-0.05, 0) is 42.5 Å². The van der Waals surface area contributed by atoms with E-state index in [-0.39, 0.29) is 11.1 Å². The van der Waals surface area contributed by atoms with Crippen LogP contribution >= 0.6 is 0 Å². The fraction of sp³-hybridized carbons (Fsp3) is 0.786. The lowest BCUT2D eigenvalue weighted by molar-refractivity contribution is 0.182. The molecule has 2 N–H and O–H groups in total. The van der Waals surface area contributed by atoms with E-state index in [9.17, 15) is 4.79 Å². The monoisotopic (exact) mass is 285 g/mol. The third-order valence-electron chi connectivity index (χ3n) is 4.26. The van der Waals surface area contributed by atoms with Gasteiger partial charge in [-0.3, -0.25) is 0 Å². The first kappa shape index (κ1) is 16.2. The van der Waals surface area contributed by atoms with Gasteiger partial charge in [0.05, 0.1) is 12.6 Å². The first-order valence-electron chi connectivity index (χ1n) is 6.86. The Labute approximate surface area is 117 Å². The van der Waals surface area contributed by atoms with Crippen molar-refractivity contribution in [2.75, 3.05) is 6.61 Å². The van der Waals surface area contributed by atoms with Gasteiger partial charge in [-0.2, -0.15) is 0 Å². The van der Waals surface area contributed by atoms with E-state index in [4.69, 9.17) is 9.53 Å². The highest BCUT2D eigenvalue weighted by Gasteiger charge is 2.39. The lowest BCUT2D eigenvalue weighted by Crippen LogP contribution is -2.46. The average Bonchev–Trinajstić information content (AvgIpc) is 3.04. The Morgan fingerprint density at radius 2 is 2.00 bits per heavy atom. The van der Waals surface area contributed by atoms with E-state index in [0.717, 1.165) is 18.4 Å². The molecule has 0 radical (unpaired) electrons. The Morgan fingerprint density at radius 1 is 1.47 bits per heavy atom. The predicted molar refractivity (Wildman–Crippen MR) is 80.0 cm³/mol. The summed E-state index contributed by atoms with van der Waals surface area (Å²) in [6, 6.07) is -0.279. The summed E-state index contributed by atoms with van der Waals surface area (Å²) in [5.74, 6) is 0.472. The van der Waals surface area contributed by atoms with Gasteiger partial charge in [0.2, 0.25) is 0 Å². The molecule has 0 bridgehead atoms. The second-order valence-electron chi connectivity index (χ2n) is 6.92. The Kier molecular flexibility index (Phi) is 4.85. The number of carboxylic acid groups (broad SMARTS) is 1. The summed E-state index contributed by atoms with van der Waals surface area (Å²) in [7, 11) is -1.85. The largest absolute Gasteiger partial charge is 0.465 e. The highest BCUT2D eigenvalue weighted by molar-refractivity contribution is 6.74. The molecule has 0 aromatic rings. The minimum absolute atomic E-state index is 0.127. The highest BCUT2D eigenvalue weighted by atomic mass is 28.4. The Hall–Kier alpha value is -0.813. The van der Waals surface area contributed by atoms with Crippen LogP contribution in [0, 0.1) is 5.92 Å². The Bertz CT molecular complexity index is 356. The van der Waals surface area contributed by atoms with E-state index in [2.05, 4.69) is 45.8 Å². The zero-order valence-corrected chi connectivity index (χ0v) is 13.7. The van der Waals surface area contributed by atoms with E-state index in [1.165, 1.54) is 0 Å². The van der Waals surface area contributed by atoms with E-state index < -0.39 is 14.4 Å². The van der Waals surface area contributed by atoms with Crippen LogP contribution in [-0.2, 0) is 4.43 Å². The van der Waals surface area contributed by atoms with Gasteiger partial charge in [0.1, 0.15) is 0 Å². The number of nitrogens with one attached hydrogen (secondary N) is 1. The van der Waals surface area contributed by atoms with Gasteiger partial charge < -0.3 is 14.8 Å². The topological polar surface area (TPSA) is 58.6 Å². The molecular weight excluding hydrogens is 258 g/mol.